The summed E-state index contributed by atoms with van der Waals surface area (Å²) < 4.78 is 0. The Balaban J connectivity index is 1.82. The summed E-state index contributed by atoms with van der Waals surface area (Å²) in [5, 5.41) is 6.31. The van der Waals surface area contributed by atoms with Crippen LogP contribution >= 0.6 is 0 Å². The zero-order chi connectivity index (χ0) is 14.7. The predicted octanol–water partition coefficient (Wildman–Crippen LogP) is 3.66. The summed E-state index contributed by atoms with van der Waals surface area (Å²) in [5.41, 5.74) is 1.46. The molecule has 0 saturated carbocycles. The quantitative estimate of drug-likeness (QED) is 0.920. The molecular formula is C19H26N2. The SMILES string of the molecule is CC(C)CC1CNCCN1Cc1cccc2ccccc12. The fraction of sp³-hybridized carbons (Fsp3) is 0.474. The van der Waals surface area contributed by atoms with Crippen LogP contribution in [0.3, 0.4) is 0 Å². The number of piperazine rings is 1. The van der Waals surface area contributed by atoms with Crippen molar-refractivity contribution in [2.75, 3.05) is 19.6 Å². The van der Waals surface area contributed by atoms with E-state index in [9.17, 15) is 0 Å². The Bertz CT molecular complexity index is 586. The zero-order valence-corrected chi connectivity index (χ0v) is 13.2. The van der Waals surface area contributed by atoms with Gasteiger partial charge in [-0.3, -0.25) is 4.90 Å². The number of benzene rings is 2. The van der Waals surface area contributed by atoms with Crippen molar-refractivity contribution in [2.24, 2.45) is 5.92 Å². The second-order valence-electron chi connectivity index (χ2n) is 6.60. The van der Waals surface area contributed by atoms with Crippen molar-refractivity contribution in [3.63, 3.8) is 0 Å². The Morgan fingerprint density at radius 3 is 2.81 bits per heavy atom. The van der Waals surface area contributed by atoms with Gasteiger partial charge in [-0.05, 0) is 28.7 Å². The van der Waals surface area contributed by atoms with Crippen molar-refractivity contribution < 1.29 is 0 Å². The third kappa shape index (κ3) is 3.45. The van der Waals surface area contributed by atoms with Crippen LogP contribution in [0.25, 0.3) is 10.8 Å². The Labute approximate surface area is 128 Å². The standard InChI is InChI=1S/C19H26N2/c1-15(2)12-18-13-20-10-11-21(18)14-17-8-5-7-16-6-3-4-9-19(16)17/h3-9,15,18,20H,10-14H2,1-2H3. The lowest BCUT2D eigenvalue weighted by Gasteiger charge is -2.37. The molecule has 3 rings (SSSR count). The number of fused-ring (bicyclic) bond motifs is 1. The van der Waals surface area contributed by atoms with E-state index in [0.717, 1.165) is 32.1 Å². The first kappa shape index (κ1) is 14.6. The molecule has 0 bridgehead atoms. The fourth-order valence-electron chi connectivity index (χ4n) is 3.44. The molecule has 0 amide bonds. The average molecular weight is 282 g/mol. The van der Waals surface area contributed by atoms with Crippen molar-refractivity contribution in [1.29, 1.82) is 0 Å². The third-order valence-corrected chi connectivity index (χ3v) is 4.47. The van der Waals surface area contributed by atoms with Crippen LogP contribution in [0.4, 0.5) is 0 Å². The maximum Gasteiger partial charge on any atom is 0.0243 e. The van der Waals surface area contributed by atoms with E-state index in [1.807, 2.05) is 0 Å². The molecule has 0 aliphatic carbocycles. The Hall–Kier alpha value is -1.38. The van der Waals surface area contributed by atoms with Gasteiger partial charge in [-0.1, -0.05) is 56.3 Å². The van der Waals surface area contributed by atoms with Gasteiger partial charge in [-0.25, -0.2) is 0 Å². The van der Waals surface area contributed by atoms with E-state index in [-0.39, 0.29) is 0 Å². The van der Waals surface area contributed by atoms with Gasteiger partial charge in [0.15, 0.2) is 0 Å². The topological polar surface area (TPSA) is 15.3 Å². The second kappa shape index (κ2) is 6.59. The fourth-order valence-corrected chi connectivity index (χ4v) is 3.44. The minimum atomic E-state index is 0.665. The Morgan fingerprint density at radius 2 is 1.95 bits per heavy atom. The van der Waals surface area contributed by atoms with E-state index in [1.54, 1.807) is 0 Å². The molecule has 0 aromatic heterocycles. The summed E-state index contributed by atoms with van der Waals surface area (Å²) in [6.45, 7) is 9.11. The summed E-state index contributed by atoms with van der Waals surface area (Å²) in [6.07, 6.45) is 1.28. The molecule has 112 valence electrons. The first-order chi connectivity index (χ1) is 10.2. The molecular weight excluding hydrogens is 256 g/mol. The molecule has 0 spiro atoms. The van der Waals surface area contributed by atoms with Crippen LogP contribution in [-0.2, 0) is 6.54 Å². The van der Waals surface area contributed by atoms with Crippen molar-refractivity contribution in [2.45, 2.75) is 32.9 Å². The van der Waals surface area contributed by atoms with E-state index in [2.05, 4.69) is 66.5 Å². The van der Waals surface area contributed by atoms with Gasteiger partial charge in [0, 0.05) is 32.2 Å². The highest BCUT2D eigenvalue weighted by atomic mass is 15.2. The number of nitrogens with one attached hydrogen (secondary N) is 1. The largest absolute Gasteiger partial charge is 0.314 e. The maximum absolute atomic E-state index is 3.55. The van der Waals surface area contributed by atoms with Crippen molar-refractivity contribution in [3.05, 3.63) is 48.0 Å². The van der Waals surface area contributed by atoms with Crippen LogP contribution in [0.5, 0.6) is 0 Å². The molecule has 1 aliphatic rings. The maximum atomic E-state index is 3.55. The zero-order valence-electron chi connectivity index (χ0n) is 13.2. The van der Waals surface area contributed by atoms with E-state index in [0.29, 0.717) is 6.04 Å². The molecule has 1 aliphatic heterocycles. The van der Waals surface area contributed by atoms with E-state index < -0.39 is 0 Å². The number of hydrogen-bond donors (Lipinski definition) is 1. The minimum absolute atomic E-state index is 0.665. The predicted molar refractivity (Wildman–Crippen MR) is 90.5 cm³/mol. The molecule has 2 aromatic carbocycles. The van der Waals surface area contributed by atoms with Crippen molar-refractivity contribution in [3.8, 4) is 0 Å². The monoisotopic (exact) mass is 282 g/mol. The highest BCUT2D eigenvalue weighted by Crippen LogP contribution is 2.22. The summed E-state index contributed by atoms with van der Waals surface area (Å²) in [5.74, 6) is 0.755. The molecule has 1 unspecified atom stereocenters. The summed E-state index contributed by atoms with van der Waals surface area (Å²) in [6, 6.07) is 16.1. The first-order valence-electron chi connectivity index (χ1n) is 8.15. The van der Waals surface area contributed by atoms with Gasteiger partial charge in [0.25, 0.3) is 0 Å². The van der Waals surface area contributed by atoms with Gasteiger partial charge in [0.2, 0.25) is 0 Å². The lowest BCUT2D eigenvalue weighted by atomic mass is 9.99. The van der Waals surface area contributed by atoms with Crippen LogP contribution < -0.4 is 5.32 Å². The molecule has 1 saturated heterocycles. The van der Waals surface area contributed by atoms with E-state index in [4.69, 9.17) is 0 Å². The molecule has 1 atom stereocenters. The Kier molecular flexibility index (Phi) is 4.57. The van der Waals surface area contributed by atoms with Gasteiger partial charge in [0.05, 0.1) is 0 Å². The summed E-state index contributed by atoms with van der Waals surface area (Å²) in [7, 11) is 0. The van der Waals surface area contributed by atoms with Gasteiger partial charge < -0.3 is 5.32 Å². The Morgan fingerprint density at radius 1 is 1.14 bits per heavy atom. The van der Waals surface area contributed by atoms with Crippen LogP contribution in [-0.4, -0.2) is 30.6 Å². The molecule has 1 heterocycles. The summed E-state index contributed by atoms with van der Waals surface area (Å²) >= 11 is 0. The number of hydrogen-bond acceptors (Lipinski definition) is 2. The van der Waals surface area contributed by atoms with Crippen LogP contribution in [0.2, 0.25) is 0 Å². The lowest BCUT2D eigenvalue weighted by molar-refractivity contribution is 0.134. The van der Waals surface area contributed by atoms with Crippen molar-refractivity contribution >= 4 is 10.8 Å². The average Bonchev–Trinajstić information content (AvgIpc) is 2.49. The van der Waals surface area contributed by atoms with Gasteiger partial charge in [-0.15, -0.1) is 0 Å². The first-order valence-corrected chi connectivity index (χ1v) is 8.15. The van der Waals surface area contributed by atoms with Crippen LogP contribution in [0.1, 0.15) is 25.8 Å². The summed E-state index contributed by atoms with van der Waals surface area (Å²) in [4.78, 5) is 2.66. The molecule has 1 N–H and O–H groups in total. The lowest BCUT2D eigenvalue weighted by Crippen LogP contribution is -2.51. The second-order valence-corrected chi connectivity index (χ2v) is 6.60. The van der Waals surface area contributed by atoms with Crippen LogP contribution in [0, 0.1) is 5.92 Å². The number of nitrogens with zero attached hydrogens (tertiary/aromatic N) is 1. The molecule has 2 aromatic rings. The minimum Gasteiger partial charge on any atom is -0.314 e. The van der Waals surface area contributed by atoms with E-state index in [1.165, 1.54) is 22.8 Å². The molecule has 2 heteroatoms. The van der Waals surface area contributed by atoms with Gasteiger partial charge in [0.1, 0.15) is 0 Å². The molecule has 1 fully saturated rings. The number of rotatable bonds is 4. The molecule has 0 radical (unpaired) electrons. The van der Waals surface area contributed by atoms with Gasteiger partial charge in [-0.2, -0.15) is 0 Å². The highest BCUT2D eigenvalue weighted by Gasteiger charge is 2.23. The van der Waals surface area contributed by atoms with Crippen molar-refractivity contribution in [1.82, 2.24) is 10.2 Å². The van der Waals surface area contributed by atoms with Crippen LogP contribution in [0.15, 0.2) is 42.5 Å². The van der Waals surface area contributed by atoms with Gasteiger partial charge >= 0.3 is 0 Å². The third-order valence-electron chi connectivity index (χ3n) is 4.47. The van der Waals surface area contributed by atoms with E-state index >= 15 is 0 Å². The normalized spacial score (nSPS) is 20.2. The molecule has 2 nitrogen and oxygen atoms in total. The molecule has 21 heavy (non-hydrogen) atoms. The highest BCUT2D eigenvalue weighted by molar-refractivity contribution is 5.85. The smallest absolute Gasteiger partial charge is 0.0243 e.